The van der Waals surface area contributed by atoms with E-state index in [9.17, 15) is 9.59 Å². The maximum absolute atomic E-state index is 11.8. The van der Waals surface area contributed by atoms with Crippen molar-refractivity contribution in [1.29, 1.82) is 0 Å². The van der Waals surface area contributed by atoms with E-state index in [1.807, 2.05) is 30.3 Å². The van der Waals surface area contributed by atoms with Gasteiger partial charge in [0.25, 0.3) is 0 Å². The Hall–Kier alpha value is -1.88. The summed E-state index contributed by atoms with van der Waals surface area (Å²) in [5.74, 6) is -1.60. The highest BCUT2D eigenvalue weighted by Crippen LogP contribution is 2.27. The summed E-state index contributed by atoms with van der Waals surface area (Å²) in [4.78, 5) is 25.7. The molecule has 0 radical (unpaired) electrons. The second-order valence-corrected chi connectivity index (χ2v) is 4.94. The molecule has 1 aliphatic rings. The summed E-state index contributed by atoms with van der Waals surface area (Å²) < 4.78 is 9.57. The first-order valence-electron chi connectivity index (χ1n) is 6.57. The van der Waals surface area contributed by atoms with Gasteiger partial charge in [-0.15, -0.1) is 0 Å². The number of likely N-dealkylation sites (tertiary alicyclic amines) is 1. The van der Waals surface area contributed by atoms with Crippen LogP contribution >= 0.6 is 0 Å². The first-order valence-corrected chi connectivity index (χ1v) is 6.57. The van der Waals surface area contributed by atoms with Gasteiger partial charge in [-0.2, -0.15) is 0 Å². The fourth-order valence-electron chi connectivity index (χ4n) is 2.64. The summed E-state index contributed by atoms with van der Waals surface area (Å²) in [6.45, 7) is 1.74. The standard InChI is InChI=1S/C15H19NO4/c1-19-14(17)12-9-16(10-13(12)15(18)20-2)8-11-6-4-3-5-7-11/h3-7,12-13H,8-10H2,1-2H3. The van der Waals surface area contributed by atoms with Gasteiger partial charge in [-0.25, -0.2) is 0 Å². The average Bonchev–Trinajstić information content (AvgIpc) is 2.90. The van der Waals surface area contributed by atoms with Gasteiger partial charge in [0.15, 0.2) is 0 Å². The molecule has 5 nitrogen and oxygen atoms in total. The van der Waals surface area contributed by atoms with Crippen LogP contribution in [0.4, 0.5) is 0 Å². The third kappa shape index (κ3) is 3.17. The molecule has 5 heteroatoms. The molecule has 0 N–H and O–H groups in total. The van der Waals surface area contributed by atoms with Gasteiger partial charge < -0.3 is 9.47 Å². The van der Waals surface area contributed by atoms with Crippen molar-refractivity contribution in [2.75, 3.05) is 27.3 Å². The lowest BCUT2D eigenvalue weighted by molar-refractivity contribution is -0.155. The quantitative estimate of drug-likeness (QED) is 0.771. The molecule has 20 heavy (non-hydrogen) atoms. The topological polar surface area (TPSA) is 55.8 Å². The highest BCUT2D eigenvalue weighted by atomic mass is 16.5. The number of benzene rings is 1. The Balaban J connectivity index is 2.07. The molecular formula is C15H19NO4. The highest BCUT2D eigenvalue weighted by Gasteiger charge is 2.43. The third-order valence-corrected chi connectivity index (χ3v) is 3.65. The van der Waals surface area contributed by atoms with Crippen LogP contribution in [0.3, 0.4) is 0 Å². The minimum Gasteiger partial charge on any atom is -0.469 e. The van der Waals surface area contributed by atoms with Gasteiger partial charge in [-0.05, 0) is 5.56 Å². The molecule has 0 aliphatic carbocycles. The molecular weight excluding hydrogens is 258 g/mol. The summed E-state index contributed by atoms with van der Waals surface area (Å²) in [7, 11) is 2.69. The Kier molecular flexibility index (Phi) is 4.74. The van der Waals surface area contributed by atoms with E-state index in [2.05, 4.69) is 4.90 Å². The van der Waals surface area contributed by atoms with Crippen molar-refractivity contribution < 1.29 is 19.1 Å². The van der Waals surface area contributed by atoms with E-state index < -0.39 is 11.8 Å². The zero-order valence-electron chi connectivity index (χ0n) is 11.7. The number of rotatable bonds is 4. The SMILES string of the molecule is COC(=O)C1CN(Cc2ccccc2)CC1C(=O)OC. The van der Waals surface area contributed by atoms with E-state index in [1.165, 1.54) is 14.2 Å². The molecule has 2 rings (SSSR count). The van der Waals surface area contributed by atoms with Crippen molar-refractivity contribution in [3.63, 3.8) is 0 Å². The van der Waals surface area contributed by atoms with Gasteiger partial charge in [0.2, 0.25) is 0 Å². The maximum Gasteiger partial charge on any atom is 0.310 e. The van der Waals surface area contributed by atoms with E-state index in [4.69, 9.17) is 9.47 Å². The number of ether oxygens (including phenoxy) is 2. The molecule has 0 saturated carbocycles. The van der Waals surface area contributed by atoms with E-state index in [-0.39, 0.29) is 11.9 Å². The van der Waals surface area contributed by atoms with Gasteiger partial charge in [0.05, 0.1) is 26.1 Å². The lowest BCUT2D eigenvalue weighted by Gasteiger charge is -2.15. The van der Waals surface area contributed by atoms with Crippen LogP contribution in [0, 0.1) is 11.8 Å². The van der Waals surface area contributed by atoms with Gasteiger partial charge in [0, 0.05) is 19.6 Å². The number of esters is 2. The van der Waals surface area contributed by atoms with Crippen LogP contribution in [0.15, 0.2) is 30.3 Å². The molecule has 1 aromatic rings. The summed E-state index contributed by atoms with van der Waals surface area (Å²) in [5, 5.41) is 0. The van der Waals surface area contributed by atoms with E-state index in [0.717, 1.165) is 5.56 Å². The molecule has 1 fully saturated rings. The minimum absolute atomic E-state index is 0.351. The monoisotopic (exact) mass is 277 g/mol. The number of hydrogen-bond acceptors (Lipinski definition) is 5. The second-order valence-electron chi connectivity index (χ2n) is 4.94. The fourth-order valence-corrected chi connectivity index (χ4v) is 2.64. The summed E-state index contributed by atoms with van der Waals surface area (Å²) >= 11 is 0. The Labute approximate surface area is 118 Å². The van der Waals surface area contributed by atoms with Crippen molar-refractivity contribution in [1.82, 2.24) is 4.90 Å². The molecule has 0 spiro atoms. The van der Waals surface area contributed by atoms with Crippen molar-refractivity contribution in [2.24, 2.45) is 11.8 Å². The van der Waals surface area contributed by atoms with Gasteiger partial charge in [-0.1, -0.05) is 30.3 Å². The number of nitrogens with zero attached hydrogens (tertiary/aromatic N) is 1. The molecule has 1 heterocycles. The van der Waals surface area contributed by atoms with Crippen LogP contribution in [0.1, 0.15) is 5.56 Å². The Bertz CT molecular complexity index is 450. The first kappa shape index (κ1) is 14.5. The van der Waals surface area contributed by atoms with Gasteiger partial charge in [-0.3, -0.25) is 14.5 Å². The largest absolute Gasteiger partial charge is 0.469 e. The van der Waals surface area contributed by atoms with E-state index >= 15 is 0 Å². The van der Waals surface area contributed by atoms with Crippen molar-refractivity contribution in [3.8, 4) is 0 Å². The average molecular weight is 277 g/mol. The number of hydrogen-bond donors (Lipinski definition) is 0. The number of carbonyl (C=O) groups is 2. The molecule has 0 amide bonds. The first-order chi connectivity index (χ1) is 9.65. The van der Waals surface area contributed by atoms with Crippen LogP contribution in [0.5, 0.6) is 0 Å². The molecule has 1 aliphatic heterocycles. The zero-order chi connectivity index (χ0) is 14.5. The smallest absolute Gasteiger partial charge is 0.310 e. The van der Waals surface area contributed by atoms with Crippen LogP contribution < -0.4 is 0 Å². The van der Waals surface area contributed by atoms with Crippen LogP contribution in [0.25, 0.3) is 0 Å². The molecule has 1 aromatic carbocycles. The number of carbonyl (C=O) groups excluding carboxylic acids is 2. The summed E-state index contributed by atoms with van der Waals surface area (Å²) in [6.07, 6.45) is 0. The van der Waals surface area contributed by atoms with Gasteiger partial charge >= 0.3 is 11.9 Å². The van der Waals surface area contributed by atoms with Crippen molar-refractivity contribution in [3.05, 3.63) is 35.9 Å². The van der Waals surface area contributed by atoms with Crippen LogP contribution in [-0.2, 0) is 25.6 Å². The predicted molar refractivity (Wildman–Crippen MR) is 72.7 cm³/mol. The van der Waals surface area contributed by atoms with E-state index in [0.29, 0.717) is 19.6 Å². The van der Waals surface area contributed by atoms with Crippen LogP contribution in [-0.4, -0.2) is 44.1 Å². The maximum atomic E-state index is 11.8. The molecule has 0 bridgehead atoms. The van der Waals surface area contributed by atoms with E-state index in [1.54, 1.807) is 0 Å². The van der Waals surface area contributed by atoms with Crippen LogP contribution in [0.2, 0.25) is 0 Å². The predicted octanol–water partition coefficient (Wildman–Crippen LogP) is 1.08. The highest BCUT2D eigenvalue weighted by molar-refractivity contribution is 5.83. The summed E-state index contributed by atoms with van der Waals surface area (Å²) in [6, 6.07) is 9.96. The molecule has 1 saturated heterocycles. The Morgan fingerprint density at radius 1 is 1.05 bits per heavy atom. The lowest BCUT2D eigenvalue weighted by Crippen LogP contribution is -2.30. The zero-order valence-corrected chi connectivity index (χ0v) is 11.7. The Morgan fingerprint density at radius 3 is 2.00 bits per heavy atom. The van der Waals surface area contributed by atoms with Crippen molar-refractivity contribution >= 4 is 11.9 Å². The molecule has 0 aromatic heterocycles. The second kappa shape index (κ2) is 6.52. The molecule has 2 atom stereocenters. The summed E-state index contributed by atoms with van der Waals surface area (Å²) in [5.41, 5.74) is 1.15. The van der Waals surface area contributed by atoms with Gasteiger partial charge in [0.1, 0.15) is 0 Å². The fraction of sp³-hybridized carbons (Fsp3) is 0.467. The number of methoxy groups -OCH3 is 2. The lowest BCUT2D eigenvalue weighted by atomic mass is 9.96. The normalized spacial score (nSPS) is 22.5. The minimum atomic E-state index is -0.448. The van der Waals surface area contributed by atoms with Crippen molar-refractivity contribution in [2.45, 2.75) is 6.54 Å². The molecule has 108 valence electrons. The Morgan fingerprint density at radius 2 is 1.55 bits per heavy atom. The molecule has 2 unspecified atom stereocenters. The third-order valence-electron chi connectivity index (χ3n) is 3.65.